The van der Waals surface area contributed by atoms with Gasteiger partial charge in [0.15, 0.2) is 11.6 Å². The van der Waals surface area contributed by atoms with Crippen molar-refractivity contribution in [2.45, 2.75) is 38.9 Å². The van der Waals surface area contributed by atoms with Gasteiger partial charge < -0.3 is 0 Å². The Morgan fingerprint density at radius 1 is 0.971 bits per heavy atom. The predicted molar refractivity (Wildman–Crippen MR) is 120 cm³/mol. The van der Waals surface area contributed by atoms with Crippen LogP contribution in [0.4, 0.5) is 19.0 Å². The monoisotopic (exact) mass is 482 g/mol. The molecule has 2 aromatic heterocycles. The number of aryl methyl sites for hydroxylation is 1. The summed E-state index contributed by atoms with van der Waals surface area (Å²) in [6.07, 6.45) is -4.01. The van der Waals surface area contributed by atoms with E-state index in [1.807, 2.05) is 13.8 Å². The Hall–Kier alpha value is -3.95. The molecular formula is C25H21F3N4O3. The van der Waals surface area contributed by atoms with Crippen LogP contribution in [0, 0.1) is 12.8 Å². The van der Waals surface area contributed by atoms with E-state index in [4.69, 9.17) is 0 Å². The maximum atomic E-state index is 13.5. The van der Waals surface area contributed by atoms with Crippen LogP contribution in [0.3, 0.4) is 0 Å². The van der Waals surface area contributed by atoms with Gasteiger partial charge in [-0.15, -0.1) is 5.10 Å². The van der Waals surface area contributed by atoms with Crippen LogP contribution in [0.25, 0.3) is 0 Å². The quantitative estimate of drug-likeness (QED) is 0.303. The number of nitrogens with zero attached hydrogens (tertiary/aromatic N) is 4. The van der Waals surface area contributed by atoms with Crippen LogP contribution in [-0.4, -0.2) is 32.7 Å². The normalized spacial score (nSPS) is 18.4. The fourth-order valence-electron chi connectivity index (χ4n) is 3.96. The van der Waals surface area contributed by atoms with Crippen LogP contribution >= 0.6 is 0 Å². The molecule has 1 saturated heterocycles. The van der Waals surface area contributed by atoms with Gasteiger partial charge in [0.25, 0.3) is 5.91 Å². The Morgan fingerprint density at radius 2 is 1.66 bits per heavy atom. The number of Topliss-reactive ketones (excluding diaryl/α,β-unsaturated/α-hetero) is 2. The average molecular weight is 482 g/mol. The van der Waals surface area contributed by atoms with Gasteiger partial charge >= 0.3 is 6.18 Å². The molecule has 1 fully saturated rings. The molecule has 7 nitrogen and oxygen atoms in total. The highest BCUT2D eigenvalue weighted by molar-refractivity contribution is 6.48. The van der Waals surface area contributed by atoms with Crippen LogP contribution < -0.4 is 4.90 Å². The summed E-state index contributed by atoms with van der Waals surface area (Å²) >= 11 is 0. The molecule has 1 aromatic carbocycles. The van der Waals surface area contributed by atoms with Crippen LogP contribution in [-0.2, 0) is 15.8 Å². The van der Waals surface area contributed by atoms with E-state index in [9.17, 15) is 27.6 Å². The first-order valence-electron chi connectivity index (χ1n) is 10.8. The second-order valence-corrected chi connectivity index (χ2v) is 8.61. The first-order chi connectivity index (χ1) is 16.5. The fourth-order valence-corrected chi connectivity index (χ4v) is 3.96. The number of halogens is 3. The van der Waals surface area contributed by atoms with Gasteiger partial charge in [-0.3, -0.25) is 24.3 Å². The molecule has 0 spiro atoms. The van der Waals surface area contributed by atoms with Crippen LogP contribution in [0.5, 0.6) is 0 Å². The number of anilines is 1. The number of amides is 1. The van der Waals surface area contributed by atoms with E-state index in [0.29, 0.717) is 11.9 Å². The SMILES string of the molecule is Cc1ccc(N2C(=O)C(=O)C(C(=O)c3ccc(C(C)C)cc3)C2c2ccc(C(F)(F)F)cn2)nn1. The summed E-state index contributed by atoms with van der Waals surface area (Å²) in [6, 6.07) is 10.3. The summed E-state index contributed by atoms with van der Waals surface area (Å²) in [5.74, 6) is -3.93. The highest BCUT2D eigenvalue weighted by atomic mass is 19.4. The zero-order valence-electron chi connectivity index (χ0n) is 19.1. The maximum absolute atomic E-state index is 13.5. The molecule has 0 N–H and O–H groups in total. The Balaban J connectivity index is 1.81. The molecule has 0 saturated carbocycles. The summed E-state index contributed by atoms with van der Waals surface area (Å²) in [5.41, 5.74) is 0.693. The molecule has 4 rings (SSSR count). The Labute approximate surface area is 199 Å². The molecule has 35 heavy (non-hydrogen) atoms. The molecule has 180 valence electrons. The maximum Gasteiger partial charge on any atom is 0.417 e. The minimum absolute atomic E-state index is 0.00824. The predicted octanol–water partition coefficient (Wildman–Crippen LogP) is 4.48. The van der Waals surface area contributed by atoms with E-state index < -0.39 is 41.2 Å². The number of ketones is 2. The molecule has 0 aliphatic carbocycles. The van der Waals surface area contributed by atoms with E-state index in [2.05, 4.69) is 15.2 Å². The van der Waals surface area contributed by atoms with Crippen molar-refractivity contribution >= 4 is 23.3 Å². The number of carbonyl (C=O) groups is 3. The van der Waals surface area contributed by atoms with Crippen molar-refractivity contribution < 1.29 is 27.6 Å². The second-order valence-electron chi connectivity index (χ2n) is 8.61. The fraction of sp³-hybridized carbons (Fsp3) is 0.280. The largest absolute Gasteiger partial charge is 0.417 e. The molecule has 1 aliphatic rings. The Bertz CT molecular complexity index is 1270. The van der Waals surface area contributed by atoms with Gasteiger partial charge in [-0.2, -0.15) is 18.3 Å². The molecule has 1 aliphatic heterocycles. The van der Waals surface area contributed by atoms with Gasteiger partial charge in [-0.25, -0.2) is 0 Å². The van der Waals surface area contributed by atoms with Crippen LogP contribution in [0.2, 0.25) is 0 Å². The lowest BCUT2D eigenvalue weighted by molar-refractivity contribution is -0.137. The lowest BCUT2D eigenvalue weighted by Crippen LogP contribution is -2.32. The second kappa shape index (κ2) is 9.01. The van der Waals surface area contributed by atoms with E-state index in [1.165, 1.54) is 6.07 Å². The van der Waals surface area contributed by atoms with Gasteiger partial charge in [-0.05, 0) is 42.7 Å². The average Bonchev–Trinajstić information content (AvgIpc) is 3.09. The summed E-state index contributed by atoms with van der Waals surface area (Å²) in [7, 11) is 0. The third kappa shape index (κ3) is 4.55. The van der Waals surface area contributed by atoms with Crippen LogP contribution in [0.15, 0.2) is 54.7 Å². The molecule has 0 radical (unpaired) electrons. The van der Waals surface area contributed by atoms with Crippen molar-refractivity contribution in [3.8, 4) is 0 Å². The van der Waals surface area contributed by atoms with Crippen molar-refractivity contribution in [2.75, 3.05) is 4.90 Å². The van der Waals surface area contributed by atoms with E-state index >= 15 is 0 Å². The molecule has 0 bridgehead atoms. The highest BCUT2D eigenvalue weighted by Crippen LogP contribution is 2.40. The number of alkyl halides is 3. The molecular weight excluding hydrogens is 461 g/mol. The molecule has 1 amide bonds. The summed E-state index contributed by atoms with van der Waals surface area (Å²) < 4.78 is 39.3. The summed E-state index contributed by atoms with van der Waals surface area (Å²) in [4.78, 5) is 44.5. The number of benzene rings is 1. The van der Waals surface area contributed by atoms with Gasteiger partial charge in [0.1, 0.15) is 5.92 Å². The minimum Gasteiger partial charge on any atom is -0.293 e. The van der Waals surface area contributed by atoms with Crippen molar-refractivity contribution in [3.63, 3.8) is 0 Å². The lowest BCUT2D eigenvalue weighted by atomic mass is 9.87. The third-order valence-electron chi connectivity index (χ3n) is 5.90. The number of hydrogen-bond donors (Lipinski definition) is 0. The first-order valence-corrected chi connectivity index (χ1v) is 10.8. The van der Waals surface area contributed by atoms with Crippen LogP contribution in [0.1, 0.15) is 58.7 Å². The van der Waals surface area contributed by atoms with E-state index in [1.54, 1.807) is 37.3 Å². The Morgan fingerprint density at radius 3 is 2.17 bits per heavy atom. The van der Waals surface area contributed by atoms with Crippen molar-refractivity contribution in [1.82, 2.24) is 15.2 Å². The Kier molecular flexibility index (Phi) is 6.23. The van der Waals surface area contributed by atoms with Gasteiger partial charge in [0.2, 0.25) is 5.78 Å². The number of hydrogen-bond acceptors (Lipinski definition) is 6. The lowest BCUT2D eigenvalue weighted by Gasteiger charge is -2.25. The number of aromatic nitrogens is 3. The van der Waals surface area contributed by atoms with Crippen molar-refractivity contribution in [3.05, 3.63) is 82.8 Å². The zero-order valence-corrected chi connectivity index (χ0v) is 19.1. The van der Waals surface area contributed by atoms with Gasteiger partial charge in [0.05, 0.1) is 23.0 Å². The number of rotatable bonds is 5. The molecule has 3 heterocycles. The first kappa shape index (κ1) is 24.2. The smallest absolute Gasteiger partial charge is 0.293 e. The van der Waals surface area contributed by atoms with Crippen molar-refractivity contribution in [1.29, 1.82) is 0 Å². The van der Waals surface area contributed by atoms with Gasteiger partial charge in [0, 0.05) is 11.8 Å². The topological polar surface area (TPSA) is 93.1 Å². The molecule has 10 heteroatoms. The standard InChI is InChI=1S/C25H21F3N4O3/c1-13(2)15-5-7-16(8-6-15)22(33)20-21(18-10-9-17(12-29-18)25(26,27)28)32(24(35)23(20)34)19-11-4-14(3)30-31-19/h4-13,20-21H,1-3H3. The van der Waals surface area contributed by atoms with E-state index in [-0.39, 0.29) is 23.0 Å². The minimum atomic E-state index is -4.62. The third-order valence-corrected chi connectivity index (χ3v) is 5.90. The van der Waals surface area contributed by atoms with Crippen molar-refractivity contribution in [2.24, 2.45) is 5.92 Å². The summed E-state index contributed by atoms with van der Waals surface area (Å²) in [5, 5.41) is 7.86. The van der Waals surface area contributed by atoms with Gasteiger partial charge in [-0.1, -0.05) is 38.1 Å². The number of pyridine rings is 1. The van der Waals surface area contributed by atoms with E-state index in [0.717, 1.165) is 22.6 Å². The summed E-state index contributed by atoms with van der Waals surface area (Å²) in [6.45, 7) is 5.65. The zero-order chi connectivity index (χ0) is 25.5. The molecule has 2 atom stereocenters. The number of carbonyl (C=O) groups excluding carboxylic acids is 3. The molecule has 2 unspecified atom stereocenters. The highest BCUT2D eigenvalue weighted by Gasteiger charge is 2.53. The molecule has 3 aromatic rings.